The highest BCUT2D eigenvalue weighted by atomic mass is 15.0. The number of hydrogen-bond acceptors (Lipinski definition) is 2. The van der Waals surface area contributed by atoms with Crippen molar-refractivity contribution in [2.45, 2.75) is 96.2 Å². The van der Waals surface area contributed by atoms with Crippen molar-refractivity contribution in [1.82, 2.24) is 10.6 Å². The number of hydrogen-bond donors (Lipinski definition) is 2. The molecule has 116 valence electrons. The minimum absolute atomic E-state index is 0.505. The Morgan fingerprint density at radius 3 is 2.50 bits per heavy atom. The minimum atomic E-state index is 0.505. The zero-order valence-corrected chi connectivity index (χ0v) is 13.6. The lowest BCUT2D eigenvalue weighted by Gasteiger charge is -2.43. The predicted octanol–water partition coefficient (Wildman–Crippen LogP) is 3.86. The van der Waals surface area contributed by atoms with Crippen LogP contribution in [-0.4, -0.2) is 24.7 Å². The van der Waals surface area contributed by atoms with Crippen LogP contribution in [0.4, 0.5) is 0 Å². The molecule has 4 unspecified atom stereocenters. The standard InChI is InChI=1S/C18H34N2/c1-18(2)12-5-3-11-17(18)20-16-10-7-8-14(16)15-9-4-6-13-19-15/h14-17,19-20H,3-13H2,1-2H3. The van der Waals surface area contributed by atoms with E-state index in [9.17, 15) is 0 Å². The van der Waals surface area contributed by atoms with Crippen LogP contribution in [0.3, 0.4) is 0 Å². The Hall–Kier alpha value is -0.0800. The van der Waals surface area contributed by atoms with Gasteiger partial charge in [0.05, 0.1) is 0 Å². The topological polar surface area (TPSA) is 24.1 Å². The third-order valence-corrected chi connectivity index (χ3v) is 6.36. The van der Waals surface area contributed by atoms with E-state index < -0.39 is 0 Å². The number of piperidine rings is 1. The molecule has 3 aliphatic rings. The first kappa shape index (κ1) is 14.8. The maximum absolute atomic E-state index is 4.12. The fourth-order valence-corrected chi connectivity index (χ4v) is 4.98. The summed E-state index contributed by atoms with van der Waals surface area (Å²) in [6.07, 6.45) is 14.2. The van der Waals surface area contributed by atoms with Gasteiger partial charge in [-0.25, -0.2) is 0 Å². The van der Waals surface area contributed by atoms with Gasteiger partial charge in [0.1, 0.15) is 0 Å². The van der Waals surface area contributed by atoms with Crippen LogP contribution in [0.15, 0.2) is 0 Å². The molecule has 2 heteroatoms. The molecule has 1 saturated heterocycles. The SMILES string of the molecule is CC1(C)CCCCC1NC1CCCC1C1CCCCN1. The van der Waals surface area contributed by atoms with Gasteiger partial charge < -0.3 is 10.6 Å². The van der Waals surface area contributed by atoms with Crippen molar-refractivity contribution in [1.29, 1.82) is 0 Å². The van der Waals surface area contributed by atoms with E-state index in [1.807, 2.05) is 0 Å². The maximum Gasteiger partial charge on any atom is 0.0121 e. The number of nitrogens with one attached hydrogen (secondary N) is 2. The average molecular weight is 278 g/mol. The molecular weight excluding hydrogens is 244 g/mol. The molecule has 0 amide bonds. The van der Waals surface area contributed by atoms with Gasteiger partial charge >= 0.3 is 0 Å². The molecule has 3 rings (SSSR count). The molecular formula is C18H34N2. The van der Waals surface area contributed by atoms with Gasteiger partial charge in [-0.3, -0.25) is 0 Å². The Bertz CT molecular complexity index is 307. The highest BCUT2D eigenvalue weighted by Gasteiger charge is 2.39. The summed E-state index contributed by atoms with van der Waals surface area (Å²) in [6, 6.07) is 2.34. The summed E-state index contributed by atoms with van der Waals surface area (Å²) in [5, 5.41) is 7.92. The van der Waals surface area contributed by atoms with E-state index in [-0.39, 0.29) is 0 Å². The molecule has 20 heavy (non-hydrogen) atoms. The molecule has 3 fully saturated rings. The van der Waals surface area contributed by atoms with E-state index in [0.29, 0.717) is 5.41 Å². The lowest BCUT2D eigenvalue weighted by atomic mass is 9.72. The van der Waals surface area contributed by atoms with E-state index in [1.165, 1.54) is 70.8 Å². The quantitative estimate of drug-likeness (QED) is 0.819. The Balaban J connectivity index is 1.60. The lowest BCUT2D eigenvalue weighted by Crippen LogP contribution is -2.53. The van der Waals surface area contributed by atoms with Crippen molar-refractivity contribution in [2.24, 2.45) is 11.3 Å². The molecule has 2 nitrogen and oxygen atoms in total. The highest BCUT2D eigenvalue weighted by molar-refractivity contribution is 4.97. The lowest BCUT2D eigenvalue weighted by molar-refractivity contribution is 0.137. The van der Waals surface area contributed by atoms with Crippen LogP contribution >= 0.6 is 0 Å². The van der Waals surface area contributed by atoms with Gasteiger partial charge in [-0.05, 0) is 56.4 Å². The Kier molecular flexibility index (Phi) is 4.72. The molecule has 0 radical (unpaired) electrons. The summed E-state index contributed by atoms with van der Waals surface area (Å²) < 4.78 is 0. The van der Waals surface area contributed by atoms with Crippen molar-refractivity contribution in [3.8, 4) is 0 Å². The van der Waals surface area contributed by atoms with Crippen LogP contribution in [0.25, 0.3) is 0 Å². The largest absolute Gasteiger partial charge is 0.314 e. The van der Waals surface area contributed by atoms with Gasteiger partial charge in [0.15, 0.2) is 0 Å². The molecule has 0 bridgehead atoms. The molecule has 2 aliphatic carbocycles. The zero-order chi connectivity index (χ0) is 14.0. The second kappa shape index (κ2) is 6.36. The maximum atomic E-state index is 4.12. The molecule has 0 aromatic heterocycles. The van der Waals surface area contributed by atoms with Crippen molar-refractivity contribution in [3.05, 3.63) is 0 Å². The van der Waals surface area contributed by atoms with E-state index in [0.717, 1.165) is 24.0 Å². The zero-order valence-electron chi connectivity index (χ0n) is 13.6. The molecule has 2 N–H and O–H groups in total. The molecule has 1 aliphatic heterocycles. The number of rotatable bonds is 3. The Morgan fingerprint density at radius 1 is 0.900 bits per heavy atom. The summed E-state index contributed by atoms with van der Waals surface area (Å²) in [4.78, 5) is 0. The predicted molar refractivity (Wildman–Crippen MR) is 85.9 cm³/mol. The monoisotopic (exact) mass is 278 g/mol. The van der Waals surface area contributed by atoms with E-state index in [2.05, 4.69) is 24.5 Å². The van der Waals surface area contributed by atoms with E-state index >= 15 is 0 Å². The molecule has 1 heterocycles. The third-order valence-electron chi connectivity index (χ3n) is 6.36. The van der Waals surface area contributed by atoms with Gasteiger partial charge in [-0.15, -0.1) is 0 Å². The van der Waals surface area contributed by atoms with Gasteiger partial charge in [-0.2, -0.15) is 0 Å². The average Bonchev–Trinajstić information content (AvgIpc) is 2.90. The van der Waals surface area contributed by atoms with E-state index in [1.54, 1.807) is 0 Å². The molecule has 0 aromatic rings. The van der Waals surface area contributed by atoms with Crippen LogP contribution in [0, 0.1) is 11.3 Å². The third kappa shape index (κ3) is 3.22. The highest BCUT2D eigenvalue weighted by Crippen LogP contribution is 2.38. The first-order valence-corrected chi connectivity index (χ1v) is 9.16. The molecule has 4 atom stereocenters. The normalized spacial score (nSPS) is 41.7. The molecule has 2 saturated carbocycles. The minimum Gasteiger partial charge on any atom is -0.314 e. The van der Waals surface area contributed by atoms with Crippen LogP contribution in [0.2, 0.25) is 0 Å². The van der Waals surface area contributed by atoms with Gasteiger partial charge in [0.2, 0.25) is 0 Å². The van der Waals surface area contributed by atoms with E-state index in [4.69, 9.17) is 0 Å². The van der Waals surface area contributed by atoms with Crippen LogP contribution < -0.4 is 10.6 Å². The fraction of sp³-hybridized carbons (Fsp3) is 1.00. The van der Waals surface area contributed by atoms with Crippen molar-refractivity contribution >= 4 is 0 Å². The second-order valence-electron chi connectivity index (χ2n) is 8.21. The van der Waals surface area contributed by atoms with Crippen LogP contribution in [-0.2, 0) is 0 Å². The smallest absolute Gasteiger partial charge is 0.0121 e. The summed E-state index contributed by atoms with van der Waals surface area (Å²) >= 11 is 0. The van der Waals surface area contributed by atoms with Crippen LogP contribution in [0.1, 0.15) is 78.1 Å². The Morgan fingerprint density at radius 2 is 1.75 bits per heavy atom. The van der Waals surface area contributed by atoms with Gasteiger partial charge in [-0.1, -0.05) is 39.5 Å². The summed E-state index contributed by atoms with van der Waals surface area (Å²) in [5.41, 5.74) is 0.505. The summed E-state index contributed by atoms with van der Waals surface area (Å²) in [7, 11) is 0. The molecule has 0 aromatic carbocycles. The van der Waals surface area contributed by atoms with Crippen molar-refractivity contribution < 1.29 is 0 Å². The first-order chi connectivity index (χ1) is 9.67. The van der Waals surface area contributed by atoms with Crippen LogP contribution in [0.5, 0.6) is 0 Å². The van der Waals surface area contributed by atoms with Gasteiger partial charge in [0, 0.05) is 18.1 Å². The fourth-order valence-electron chi connectivity index (χ4n) is 4.98. The van der Waals surface area contributed by atoms with Gasteiger partial charge in [0.25, 0.3) is 0 Å². The summed E-state index contributed by atoms with van der Waals surface area (Å²) in [5.74, 6) is 0.896. The Labute approximate surface area is 125 Å². The molecule has 0 spiro atoms. The first-order valence-electron chi connectivity index (χ1n) is 9.16. The van der Waals surface area contributed by atoms with Crippen molar-refractivity contribution in [2.75, 3.05) is 6.54 Å². The van der Waals surface area contributed by atoms with Crippen molar-refractivity contribution in [3.63, 3.8) is 0 Å². The second-order valence-corrected chi connectivity index (χ2v) is 8.21. The summed E-state index contributed by atoms with van der Waals surface area (Å²) in [6.45, 7) is 6.21.